The molecule has 1 aliphatic rings. The number of aliphatic hydroxyl groups is 1. The summed E-state index contributed by atoms with van der Waals surface area (Å²) in [5.74, 6) is -0.552. The number of unbranched alkanes of at least 4 members (excludes halogenated alkanes) is 10. The molecule has 3 atom stereocenters. The van der Waals surface area contributed by atoms with Gasteiger partial charge in [0, 0.05) is 0 Å². The van der Waals surface area contributed by atoms with E-state index in [1.54, 1.807) is 6.92 Å². The van der Waals surface area contributed by atoms with Gasteiger partial charge in [-0.05, 0) is 44.6 Å². The number of benzene rings is 1. The maximum atomic E-state index is 12.7. The molecule has 2 rings (SSSR count). The van der Waals surface area contributed by atoms with Crippen molar-refractivity contribution in [1.29, 1.82) is 0 Å². The van der Waals surface area contributed by atoms with Gasteiger partial charge in [0.15, 0.2) is 0 Å². The number of aliphatic hydroxyl groups excluding tert-OH is 1. The largest absolute Gasteiger partial charge is 0.439 e. The van der Waals surface area contributed by atoms with Crippen LogP contribution in [0.25, 0.3) is 0 Å². The molecule has 1 aromatic carbocycles. The van der Waals surface area contributed by atoms with Crippen LogP contribution in [0.4, 0.5) is 4.79 Å². The minimum Gasteiger partial charge on any atom is -0.439 e. The van der Waals surface area contributed by atoms with E-state index in [0.29, 0.717) is 6.42 Å². The average Bonchev–Trinajstić information content (AvgIpc) is 3.12. The molecule has 1 aromatic rings. The number of carbonyl (C=O) groups excluding carboxylic acids is 2. The van der Waals surface area contributed by atoms with Gasteiger partial charge in [0.05, 0.1) is 6.04 Å². The molecule has 1 saturated heterocycles. The molecule has 0 unspecified atom stereocenters. The topological polar surface area (TPSA) is 66.8 Å². The monoisotopic (exact) mass is 457 g/mol. The third kappa shape index (κ3) is 9.32. The predicted molar refractivity (Wildman–Crippen MR) is 133 cm³/mol. The van der Waals surface area contributed by atoms with Crippen LogP contribution in [0.2, 0.25) is 0 Å². The lowest BCUT2D eigenvalue weighted by Crippen LogP contribution is -2.43. The van der Waals surface area contributed by atoms with Crippen LogP contribution in [-0.2, 0) is 9.53 Å². The number of hydrogen-bond acceptors (Lipinski definition) is 4. The molecule has 184 valence electrons. The molecule has 0 aromatic heterocycles. The zero-order valence-corrected chi connectivity index (χ0v) is 20.6. The van der Waals surface area contributed by atoms with Gasteiger partial charge in [-0.25, -0.2) is 9.69 Å². The first kappa shape index (κ1) is 27.1. The third-order valence-electron chi connectivity index (χ3n) is 6.41. The number of ether oxygens (including phenoxy) is 1. The van der Waals surface area contributed by atoms with E-state index in [9.17, 15) is 14.7 Å². The van der Waals surface area contributed by atoms with Crippen molar-refractivity contribution in [2.24, 2.45) is 0 Å². The zero-order valence-electron chi connectivity index (χ0n) is 20.6. The summed E-state index contributed by atoms with van der Waals surface area (Å²) in [6.07, 6.45) is 16.9. The van der Waals surface area contributed by atoms with E-state index in [1.807, 2.05) is 30.3 Å². The fourth-order valence-corrected chi connectivity index (χ4v) is 4.36. The number of nitrogens with zero attached hydrogens (tertiary/aromatic N) is 1. The second-order valence-electron chi connectivity index (χ2n) is 9.20. The molecule has 1 heterocycles. The molecule has 33 heavy (non-hydrogen) atoms. The van der Waals surface area contributed by atoms with Gasteiger partial charge < -0.3 is 9.84 Å². The second kappa shape index (κ2) is 15.7. The van der Waals surface area contributed by atoms with E-state index in [2.05, 4.69) is 19.1 Å². The Morgan fingerprint density at radius 1 is 0.970 bits per heavy atom. The first-order valence-electron chi connectivity index (χ1n) is 13.0. The Morgan fingerprint density at radius 2 is 1.55 bits per heavy atom. The van der Waals surface area contributed by atoms with Gasteiger partial charge in [-0.3, -0.25) is 4.79 Å². The van der Waals surface area contributed by atoms with Gasteiger partial charge in [-0.1, -0.05) is 101 Å². The summed E-state index contributed by atoms with van der Waals surface area (Å²) in [6.45, 7) is 4.03. The Labute approximate surface area is 200 Å². The third-order valence-corrected chi connectivity index (χ3v) is 6.41. The van der Waals surface area contributed by atoms with Crippen molar-refractivity contribution >= 4 is 12.0 Å². The average molecular weight is 458 g/mol. The molecule has 0 bridgehead atoms. The summed E-state index contributed by atoms with van der Waals surface area (Å²) >= 11 is 0. The van der Waals surface area contributed by atoms with Crippen LogP contribution in [0.1, 0.15) is 109 Å². The normalized spacial score (nSPS) is 19.2. The molecule has 0 spiro atoms. The molecule has 0 saturated carbocycles. The highest BCUT2D eigenvalue weighted by Gasteiger charge is 2.44. The quantitative estimate of drug-likeness (QED) is 0.212. The fourth-order valence-electron chi connectivity index (χ4n) is 4.36. The smallest absolute Gasteiger partial charge is 0.417 e. The van der Waals surface area contributed by atoms with Crippen LogP contribution in [0.15, 0.2) is 42.5 Å². The highest BCUT2D eigenvalue weighted by atomic mass is 16.6. The molecule has 0 radical (unpaired) electrons. The Bertz CT molecular complexity index is 718. The van der Waals surface area contributed by atoms with Crippen molar-refractivity contribution in [3.8, 4) is 0 Å². The zero-order chi connectivity index (χ0) is 23.9. The molecule has 5 nitrogen and oxygen atoms in total. The summed E-state index contributed by atoms with van der Waals surface area (Å²) < 4.78 is 5.42. The summed E-state index contributed by atoms with van der Waals surface area (Å²) in [5.41, 5.74) is 0.851. The summed E-state index contributed by atoms with van der Waals surface area (Å²) in [6, 6.07) is 8.96. The SMILES string of the molecule is CCCCCCCC/C=C/CCCCCC[C@@H](O)C(=O)N1C(=O)O[C@@H](c2ccccc2)[C@H]1C. The highest BCUT2D eigenvalue weighted by Crippen LogP contribution is 2.32. The van der Waals surface area contributed by atoms with Crippen molar-refractivity contribution in [2.45, 2.75) is 116 Å². The van der Waals surface area contributed by atoms with Gasteiger partial charge >= 0.3 is 6.09 Å². The summed E-state index contributed by atoms with van der Waals surface area (Å²) in [7, 11) is 0. The standard InChI is InChI=1S/C28H43NO4/c1-3-4-5-6-7-8-9-10-11-12-13-14-15-19-22-25(30)27(31)29-23(2)26(33-28(29)32)24-20-17-16-18-21-24/h10-11,16-18,20-21,23,25-26,30H,3-9,12-15,19,22H2,1-2H3/b11-10+/t23-,25-,26-/m1/s1. The highest BCUT2D eigenvalue weighted by molar-refractivity contribution is 5.96. The van der Waals surface area contributed by atoms with Gasteiger partial charge in [-0.2, -0.15) is 0 Å². The Kier molecular flexibility index (Phi) is 12.9. The first-order valence-corrected chi connectivity index (χ1v) is 13.0. The molecular formula is C28H43NO4. The first-order chi connectivity index (χ1) is 16.1. The van der Waals surface area contributed by atoms with E-state index >= 15 is 0 Å². The molecular weight excluding hydrogens is 414 g/mol. The van der Waals surface area contributed by atoms with Crippen molar-refractivity contribution < 1.29 is 19.4 Å². The molecule has 0 aliphatic carbocycles. The van der Waals surface area contributed by atoms with E-state index in [4.69, 9.17) is 4.74 Å². The minimum atomic E-state index is -1.16. The van der Waals surface area contributed by atoms with Crippen molar-refractivity contribution in [3.63, 3.8) is 0 Å². The van der Waals surface area contributed by atoms with Crippen molar-refractivity contribution in [2.75, 3.05) is 0 Å². The summed E-state index contributed by atoms with van der Waals surface area (Å²) in [4.78, 5) is 26.0. The number of cyclic esters (lactones) is 1. The number of allylic oxidation sites excluding steroid dienone is 2. The molecule has 1 aliphatic heterocycles. The van der Waals surface area contributed by atoms with Gasteiger partial charge in [0.25, 0.3) is 5.91 Å². The Balaban J connectivity index is 1.56. The van der Waals surface area contributed by atoms with E-state index in [-0.39, 0.29) is 0 Å². The van der Waals surface area contributed by atoms with Crippen LogP contribution in [0.3, 0.4) is 0 Å². The van der Waals surface area contributed by atoms with E-state index in [0.717, 1.165) is 42.6 Å². The van der Waals surface area contributed by atoms with E-state index in [1.165, 1.54) is 44.9 Å². The molecule has 1 N–H and O–H groups in total. The van der Waals surface area contributed by atoms with Gasteiger partial charge in [0.1, 0.15) is 12.2 Å². The van der Waals surface area contributed by atoms with E-state index < -0.39 is 30.3 Å². The summed E-state index contributed by atoms with van der Waals surface area (Å²) in [5, 5.41) is 10.4. The molecule has 1 fully saturated rings. The predicted octanol–water partition coefficient (Wildman–Crippen LogP) is 7.10. The Morgan fingerprint density at radius 3 is 2.18 bits per heavy atom. The molecule has 2 amide bonds. The number of hydrogen-bond donors (Lipinski definition) is 1. The van der Waals surface area contributed by atoms with Gasteiger partial charge in [-0.15, -0.1) is 0 Å². The van der Waals surface area contributed by atoms with Gasteiger partial charge in [0.2, 0.25) is 0 Å². The number of amides is 2. The lowest BCUT2D eigenvalue weighted by molar-refractivity contribution is -0.138. The van der Waals surface area contributed by atoms with Crippen molar-refractivity contribution in [3.05, 3.63) is 48.0 Å². The van der Waals surface area contributed by atoms with Crippen LogP contribution >= 0.6 is 0 Å². The maximum absolute atomic E-state index is 12.7. The maximum Gasteiger partial charge on any atom is 0.417 e. The number of rotatable bonds is 16. The van der Waals surface area contributed by atoms with Crippen LogP contribution < -0.4 is 0 Å². The van der Waals surface area contributed by atoms with Crippen LogP contribution in [-0.4, -0.2) is 34.2 Å². The fraction of sp³-hybridized carbons (Fsp3) is 0.643. The number of carbonyl (C=O) groups is 2. The Hall–Kier alpha value is -2.14. The molecule has 5 heteroatoms. The minimum absolute atomic E-state index is 0.374. The van der Waals surface area contributed by atoms with Crippen molar-refractivity contribution in [1.82, 2.24) is 4.90 Å². The number of imide groups is 1. The second-order valence-corrected chi connectivity index (χ2v) is 9.20. The lowest BCUT2D eigenvalue weighted by Gasteiger charge is -2.21. The van der Waals surface area contributed by atoms with Crippen LogP contribution in [0.5, 0.6) is 0 Å². The van der Waals surface area contributed by atoms with Crippen LogP contribution in [0, 0.1) is 0 Å². The lowest BCUT2D eigenvalue weighted by atomic mass is 10.0.